The highest BCUT2D eigenvalue weighted by Crippen LogP contribution is 2.28. The van der Waals surface area contributed by atoms with Gasteiger partial charge >= 0.3 is 0 Å². The van der Waals surface area contributed by atoms with Gasteiger partial charge in [0.15, 0.2) is 0 Å². The zero-order valence-corrected chi connectivity index (χ0v) is 8.49. The highest BCUT2D eigenvalue weighted by Gasteiger charge is 2.17. The summed E-state index contributed by atoms with van der Waals surface area (Å²) in [6.45, 7) is -0.456. The van der Waals surface area contributed by atoms with Gasteiger partial charge in [0, 0.05) is 11.4 Å². The molecule has 1 aromatic heterocycles. The Morgan fingerprint density at radius 1 is 1.50 bits per heavy atom. The number of halogens is 4. The van der Waals surface area contributed by atoms with Crippen LogP contribution < -0.4 is 0 Å². The fraction of sp³-hybridized carbons (Fsp3) is 0.375. The van der Waals surface area contributed by atoms with Crippen LogP contribution in [-0.2, 0) is 12.5 Å². The van der Waals surface area contributed by atoms with Crippen molar-refractivity contribution in [3.8, 4) is 0 Å². The summed E-state index contributed by atoms with van der Waals surface area (Å²) >= 11 is 11.0. The molecule has 1 N–H and O–H groups in total. The molecule has 0 unspecified atom stereocenters. The Morgan fingerprint density at radius 2 is 2.14 bits per heavy atom. The minimum absolute atomic E-state index is 0.0711. The topological polar surface area (TPSA) is 33.1 Å². The first kappa shape index (κ1) is 11.6. The lowest BCUT2D eigenvalue weighted by atomic mass is 10.1. The van der Waals surface area contributed by atoms with E-state index >= 15 is 0 Å². The molecule has 0 amide bonds. The molecule has 1 rings (SSSR count). The van der Waals surface area contributed by atoms with Gasteiger partial charge < -0.3 is 5.11 Å². The van der Waals surface area contributed by atoms with Gasteiger partial charge in [-0.3, -0.25) is 0 Å². The predicted molar refractivity (Wildman–Crippen MR) is 49.7 cm³/mol. The first-order valence-corrected chi connectivity index (χ1v) is 4.64. The average Bonchev–Trinajstić information content (AvgIpc) is 2.16. The molecule has 0 aromatic carbocycles. The van der Waals surface area contributed by atoms with Crippen LogP contribution in [-0.4, -0.2) is 10.1 Å². The normalized spacial score (nSPS) is 11.0. The summed E-state index contributed by atoms with van der Waals surface area (Å²) in [6, 6.07) is 1.06. The van der Waals surface area contributed by atoms with Crippen molar-refractivity contribution < 1.29 is 13.9 Å². The number of hydrogen-bond acceptors (Lipinski definition) is 2. The zero-order chi connectivity index (χ0) is 10.7. The smallest absolute Gasteiger partial charge is 0.264 e. The molecular weight excluding hydrogens is 235 g/mol. The molecule has 0 atom stereocenters. The third kappa shape index (κ3) is 2.32. The number of aromatic nitrogens is 1. The van der Waals surface area contributed by atoms with Crippen molar-refractivity contribution in [3.05, 3.63) is 28.0 Å². The molecule has 0 spiro atoms. The molecule has 0 bridgehead atoms. The van der Waals surface area contributed by atoms with Crippen LogP contribution in [0.25, 0.3) is 0 Å². The van der Waals surface area contributed by atoms with Crippen LogP contribution in [0.4, 0.5) is 8.78 Å². The van der Waals surface area contributed by atoms with E-state index in [4.69, 9.17) is 28.3 Å². The second kappa shape index (κ2) is 4.87. The minimum Gasteiger partial charge on any atom is -0.390 e. The molecule has 1 heterocycles. The summed E-state index contributed by atoms with van der Waals surface area (Å²) in [5.41, 5.74) is -0.0274. The van der Waals surface area contributed by atoms with E-state index in [1.807, 2.05) is 0 Å². The maximum Gasteiger partial charge on any atom is 0.264 e. The van der Waals surface area contributed by atoms with Gasteiger partial charge in [0.05, 0.1) is 12.3 Å². The molecular formula is C8H7Cl2F2NO. The Bertz CT molecular complexity index is 333. The summed E-state index contributed by atoms with van der Waals surface area (Å²) in [4.78, 5) is 3.70. The van der Waals surface area contributed by atoms with Crippen molar-refractivity contribution in [1.82, 2.24) is 4.98 Å². The molecule has 0 saturated heterocycles. The van der Waals surface area contributed by atoms with E-state index in [0.717, 1.165) is 6.07 Å². The van der Waals surface area contributed by atoms with E-state index in [1.54, 1.807) is 0 Å². The van der Waals surface area contributed by atoms with E-state index in [1.165, 1.54) is 0 Å². The first-order chi connectivity index (χ1) is 6.60. The van der Waals surface area contributed by atoms with Gasteiger partial charge in [0.1, 0.15) is 5.15 Å². The molecule has 14 heavy (non-hydrogen) atoms. The monoisotopic (exact) mass is 241 g/mol. The lowest BCUT2D eigenvalue weighted by Crippen LogP contribution is -2.02. The van der Waals surface area contributed by atoms with Crippen molar-refractivity contribution >= 4 is 23.2 Å². The fourth-order valence-electron chi connectivity index (χ4n) is 1.09. The van der Waals surface area contributed by atoms with E-state index in [0.29, 0.717) is 0 Å². The van der Waals surface area contributed by atoms with Crippen LogP contribution in [0.15, 0.2) is 6.07 Å². The molecule has 78 valence electrons. The van der Waals surface area contributed by atoms with Gasteiger partial charge in [0.25, 0.3) is 6.43 Å². The number of pyridine rings is 1. The van der Waals surface area contributed by atoms with E-state index < -0.39 is 13.0 Å². The number of hydrogen-bond donors (Lipinski definition) is 1. The Labute approximate surface area is 89.5 Å². The molecule has 2 nitrogen and oxygen atoms in total. The molecule has 1 aromatic rings. The summed E-state index contributed by atoms with van der Waals surface area (Å²) in [5.74, 6) is -0.125. The number of alkyl halides is 3. The molecule has 6 heteroatoms. The van der Waals surface area contributed by atoms with Crippen LogP contribution in [0.2, 0.25) is 5.15 Å². The third-order valence-corrected chi connectivity index (χ3v) is 2.19. The molecule has 0 saturated carbocycles. The Balaban J connectivity index is 3.31. The van der Waals surface area contributed by atoms with Gasteiger partial charge in [0.2, 0.25) is 0 Å². The Hall–Kier alpha value is -0.450. The van der Waals surface area contributed by atoms with Gasteiger partial charge in [-0.05, 0) is 11.6 Å². The highest BCUT2D eigenvalue weighted by atomic mass is 35.5. The van der Waals surface area contributed by atoms with Crippen LogP contribution in [0.3, 0.4) is 0 Å². The van der Waals surface area contributed by atoms with Crippen molar-refractivity contribution in [2.75, 3.05) is 0 Å². The van der Waals surface area contributed by atoms with E-state index in [2.05, 4.69) is 4.98 Å². The van der Waals surface area contributed by atoms with Crippen LogP contribution in [0.5, 0.6) is 0 Å². The number of aliphatic hydroxyl groups excluding tert-OH is 1. The van der Waals surface area contributed by atoms with Crippen LogP contribution >= 0.6 is 23.2 Å². The number of aliphatic hydroxyl groups is 1. The summed E-state index contributed by atoms with van der Waals surface area (Å²) in [7, 11) is 0. The standard InChI is InChI=1S/C8H7Cl2F2NO/c9-2-5-4(8(11)12)1-7(10)13-6(5)3-14/h1,8,14H,2-3H2. The summed E-state index contributed by atoms with van der Waals surface area (Å²) < 4.78 is 25.0. The quantitative estimate of drug-likeness (QED) is 0.652. The maximum atomic E-state index is 12.5. The molecule has 0 aliphatic rings. The second-order valence-corrected chi connectivity index (χ2v) is 3.21. The van der Waals surface area contributed by atoms with E-state index in [9.17, 15) is 8.78 Å². The van der Waals surface area contributed by atoms with Gasteiger partial charge in [-0.25, -0.2) is 13.8 Å². The number of rotatable bonds is 3. The largest absolute Gasteiger partial charge is 0.390 e. The third-order valence-electron chi connectivity index (χ3n) is 1.73. The Morgan fingerprint density at radius 3 is 2.57 bits per heavy atom. The summed E-state index contributed by atoms with van der Waals surface area (Å²) in [5, 5.41) is 8.78. The van der Waals surface area contributed by atoms with Gasteiger partial charge in [-0.1, -0.05) is 11.6 Å². The van der Waals surface area contributed by atoms with Crippen molar-refractivity contribution in [2.45, 2.75) is 18.9 Å². The van der Waals surface area contributed by atoms with Crippen LogP contribution in [0, 0.1) is 0 Å². The SMILES string of the molecule is OCc1nc(Cl)cc(C(F)F)c1CCl. The van der Waals surface area contributed by atoms with Crippen molar-refractivity contribution in [3.63, 3.8) is 0 Å². The second-order valence-electron chi connectivity index (χ2n) is 2.55. The average molecular weight is 242 g/mol. The predicted octanol–water partition coefficient (Wildman–Crippen LogP) is 2.90. The molecule has 0 aliphatic heterocycles. The molecule has 0 radical (unpaired) electrons. The van der Waals surface area contributed by atoms with Gasteiger partial charge in [-0.15, -0.1) is 11.6 Å². The Kier molecular flexibility index (Phi) is 4.04. The molecule has 0 fully saturated rings. The summed E-state index contributed by atoms with van der Waals surface area (Å²) in [6.07, 6.45) is -2.67. The lowest BCUT2D eigenvalue weighted by Gasteiger charge is -2.10. The fourth-order valence-corrected chi connectivity index (χ4v) is 1.62. The number of nitrogens with zero attached hydrogens (tertiary/aromatic N) is 1. The first-order valence-electron chi connectivity index (χ1n) is 3.73. The minimum atomic E-state index is -2.67. The zero-order valence-electron chi connectivity index (χ0n) is 6.98. The maximum absolute atomic E-state index is 12.5. The van der Waals surface area contributed by atoms with Crippen LogP contribution in [0.1, 0.15) is 23.2 Å². The van der Waals surface area contributed by atoms with Crippen molar-refractivity contribution in [2.24, 2.45) is 0 Å². The lowest BCUT2D eigenvalue weighted by molar-refractivity contribution is 0.150. The molecule has 0 aliphatic carbocycles. The van der Waals surface area contributed by atoms with Gasteiger partial charge in [-0.2, -0.15) is 0 Å². The van der Waals surface area contributed by atoms with Crippen molar-refractivity contribution in [1.29, 1.82) is 0 Å². The van der Waals surface area contributed by atoms with E-state index in [-0.39, 0.29) is 27.9 Å². The highest BCUT2D eigenvalue weighted by molar-refractivity contribution is 6.29.